The summed E-state index contributed by atoms with van der Waals surface area (Å²) in [6.45, 7) is 3.55. The van der Waals surface area contributed by atoms with E-state index < -0.39 is 0 Å². The molecule has 39 heavy (non-hydrogen) atoms. The second kappa shape index (κ2) is 11.3. The van der Waals surface area contributed by atoms with Crippen LogP contribution in [0.15, 0.2) is 78.0 Å². The Balaban J connectivity index is 1.02. The maximum absolute atomic E-state index is 11.8. The first-order valence-corrected chi connectivity index (χ1v) is 13.9. The van der Waals surface area contributed by atoms with E-state index in [1.807, 2.05) is 12.3 Å². The van der Waals surface area contributed by atoms with Crippen LogP contribution in [-0.2, 0) is 11.3 Å². The third kappa shape index (κ3) is 5.84. The zero-order valence-corrected chi connectivity index (χ0v) is 22.2. The maximum Gasteiger partial charge on any atom is 0.290 e. The van der Waals surface area contributed by atoms with Gasteiger partial charge in [-0.15, -0.1) is 0 Å². The van der Waals surface area contributed by atoms with Gasteiger partial charge in [-0.1, -0.05) is 36.4 Å². The summed E-state index contributed by atoms with van der Waals surface area (Å²) in [6, 6.07) is 20.8. The van der Waals surface area contributed by atoms with E-state index in [1.165, 1.54) is 22.1 Å². The number of fused-ring (bicyclic) bond motifs is 1. The number of amides is 2. The number of hydrogen-bond acceptors (Lipinski definition) is 8. The Morgan fingerprint density at radius 3 is 2.69 bits per heavy atom. The fraction of sp³-hybridized carbons (Fsp3) is 0.233. The van der Waals surface area contributed by atoms with Crippen LogP contribution in [0.1, 0.15) is 24.1 Å². The van der Waals surface area contributed by atoms with E-state index in [9.17, 15) is 9.59 Å². The average Bonchev–Trinajstić information content (AvgIpc) is 3.29. The van der Waals surface area contributed by atoms with Gasteiger partial charge in [0, 0.05) is 37.4 Å². The molecule has 2 aromatic carbocycles. The standard InChI is InChI=1S/C30H28N6O2S/c37-28-27(39-30(38)35-28)17-23-8-12-33-29(34-23)36-14-10-20(11-15-36)18-31-19-21-4-3-5-22(16-21)24-9-13-32-26-7-2-1-6-25(24)26/h1-9,12-13,16-17,20,31H,10-11,14-15,18-19H2,(H,35,37,38)/b27-17-. The fourth-order valence-corrected chi connectivity index (χ4v) is 5.77. The number of carbonyl (C=O) groups excluding carboxylic acids is 2. The van der Waals surface area contributed by atoms with Crippen LogP contribution in [0.4, 0.5) is 10.7 Å². The van der Waals surface area contributed by atoms with Gasteiger partial charge >= 0.3 is 0 Å². The van der Waals surface area contributed by atoms with Gasteiger partial charge in [-0.05, 0) is 84.1 Å². The molecule has 0 unspecified atom stereocenters. The number of piperidine rings is 1. The lowest BCUT2D eigenvalue weighted by Gasteiger charge is -2.32. The third-order valence-corrected chi connectivity index (χ3v) is 7.94. The molecule has 9 heteroatoms. The summed E-state index contributed by atoms with van der Waals surface area (Å²) < 4.78 is 0. The van der Waals surface area contributed by atoms with Crippen molar-refractivity contribution in [1.82, 2.24) is 25.6 Å². The summed E-state index contributed by atoms with van der Waals surface area (Å²) in [5.74, 6) is 0.866. The van der Waals surface area contributed by atoms with Crippen molar-refractivity contribution in [2.24, 2.45) is 5.92 Å². The molecule has 2 aliphatic rings. The first kappa shape index (κ1) is 25.2. The summed E-state index contributed by atoms with van der Waals surface area (Å²) in [5.41, 5.74) is 5.31. The molecule has 4 heterocycles. The molecular weight excluding hydrogens is 508 g/mol. The second-order valence-corrected chi connectivity index (χ2v) is 10.8. The quantitative estimate of drug-likeness (QED) is 0.318. The molecule has 0 radical (unpaired) electrons. The van der Waals surface area contributed by atoms with Crippen molar-refractivity contribution in [3.63, 3.8) is 0 Å². The molecule has 8 nitrogen and oxygen atoms in total. The van der Waals surface area contributed by atoms with Crippen molar-refractivity contribution >= 4 is 45.8 Å². The molecule has 2 saturated heterocycles. The van der Waals surface area contributed by atoms with Gasteiger partial charge in [0.2, 0.25) is 5.95 Å². The minimum absolute atomic E-state index is 0.355. The average molecular weight is 537 g/mol. The van der Waals surface area contributed by atoms with Gasteiger partial charge in [0.15, 0.2) is 0 Å². The summed E-state index contributed by atoms with van der Waals surface area (Å²) in [4.78, 5) is 39.3. The number of anilines is 1. The van der Waals surface area contributed by atoms with E-state index in [-0.39, 0.29) is 11.1 Å². The maximum atomic E-state index is 11.8. The van der Waals surface area contributed by atoms with Gasteiger partial charge in [0.1, 0.15) is 0 Å². The first-order valence-electron chi connectivity index (χ1n) is 13.1. The number of carbonyl (C=O) groups is 2. The van der Waals surface area contributed by atoms with E-state index >= 15 is 0 Å². The second-order valence-electron chi connectivity index (χ2n) is 9.77. The van der Waals surface area contributed by atoms with E-state index in [0.717, 1.165) is 56.3 Å². The Hall–Kier alpha value is -4.08. The van der Waals surface area contributed by atoms with Gasteiger partial charge < -0.3 is 10.2 Å². The molecule has 0 bridgehead atoms. The predicted molar refractivity (Wildman–Crippen MR) is 155 cm³/mol. The summed E-state index contributed by atoms with van der Waals surface area (Å²) >= 11 is 0.894. The Labute approximate surface area is 231 Å². The number of hydrogen-bond donors (Lipinski definition) is 2. The molecule has 0 atom stereocenters. The molecular formula is C30H28N6O2S. The van der Waals surface area contributed by atoms with Crippen LogP contribution in [0.25, 0.3) is 28.1 Å². The van der Waals surface area contributed by atoms with Crippen LogP contribution >= 0.6 is 11.8 Å². The summed E-state index contributed by atoms with van der Waals surface area (Å²) in [6.07, 6.45) is 7.32. The van der Waals surface area contributed by atoms with Gasteiger partial charge in [-0.2, -0.15) is 0 Å². The van der Waals surface area contributed by atoms with E-state index in [0.29, 0.717) is 22.5 Å². The molecule has 4 aromatic rings. The van der Waals surface area contributed by atoms with Gasteiger partial charge in [0.25, 0.3) is 11.1 Å². The minimum atomic E-state index is -0.379. The topological polar surface area (TPSA) is 100 Å². The SMILES string of the molecule is O=C1NC(=O)/C(=C/c2ccnc(N3CCC(CNCc4cccc(-c5ccnc6ccccc56)c4)CC3)n2)S1. The predicted octanol–water partition coefficient (Wildman–Crippen LogP) is 5.02. The number of pyridine rings is 1. The molecule has 0 spiro atoms. The molecule has 2 aliphatic heterocycles. The van der Waals surface area contributed by atoms with Crippen LogP contribution in [0.3, 0.4) is 0 Å². The Morgan fingerprint density at radius 1 is 1.00 bits per heavy atom. The van der Waals surface area contributed by atoms with E-state index in [4.69, 9.17) is 0 Å². The monoisotopic (exact) mass is 536 g/mol. The number of imide groups is 1. The van der Waals surface area contributed by atoms with Gasteiger partial charge in [0.05, 0.1) is 16.1 Å². The molecule has 2 N–H and O–H groups in total. The zero-order valence-electron chi connectivity index (χ0n) is 21.3. The van der Waals surface area contributed by atoms with Crippen molar-refractivity contribution in [2.75, 3.05) is 24.5 Å². The zero-order chi connectivity index (χ0) is 26.6. The van der Waals surface area contributed by atoms with Gasteiger partial charge in [-0.3, -0.25) is 19.9 Å². The Bertz CT molecular complexity index is 1560. The number of thioether (sulfide) groups is 1. The molecule has 2 fully saturated rings. The summed E-state index contributed by atoms with van der Waals surface area (Å²) in [5, 5.41) is 6.74. The molecule has 2 aromatic heterocycles. The van der Waals surface area contributed by atoms with Crippen LogP contribution in [0.5, 0.6) is 0 Å². The van der Waals surface area contributed by atoms with E-state index in [1.54, 1.807) is 18.3 Å². The lowest BCUT2D eigenvalue weighted by Crippen LogP contribution is -2.38. The molecule has 2 amide bonds. The third-order valence-electron chi connectivity index (χ3n) is 7.13. The van der Waals surface area contributed by atoms with Gasteiger partial charge in [-0.25, -0.2) is 9.97 Å². The smallest absolute Gasteiger partial charge is 0.290 e. The highest BCUT2D eigenvalue weighted by Gasteiger charge is 2.25. The van der Waals surface area contributed by atoms with Crippen molar-refractivity contribution in [2.45, 2.75) is 19.4 Å². The van der Waals surface area contributed by atoms with E-state index in [2.05, 4.69) is 79.0 Å². The van der Waals surface area contributed by atoms with Crippen molar-refractivity contribution in [1.29, 1.82) is 0 Å². The molecule has 0 saturated carbocycles. The lowest BCUT2D eigenvalue weighted by atomic mass is 9.96. The highest BCUT2D eigenvalue weighted by atomic mass is 32.2. The first-order chi connectivity index (χ1) is 19.1. The van der Waals surface area contributed by atoms with Crippen LogP contribution < -0.4 is 15.5 Å². The lowest BCUT2D eigenvalue weighted by molar-refractivity contribution is -0.115. The van der Waals surface area contributed by atoms with Crippen molar-refractivity contribution in [3.8, 4) is 11.1 Å². The summed E-state index contributed by atoms with van der Waals surface area (Å²) in [7, 11) is 0. The highest BCUT2D eigenvalue weighted by Crippen LogP contribution is 2.28. The number of benzene rings is 2. The van der Waals surface area contributed by atoms with Crippen LogP contribution in [-0.4, -0.2) is 45.7 Å². The number of rotatable bonds is 7. The Kier molecular flexibility index (Phi) is 7.33. The molecule has 196 valence electrons. The largest absolute Gasteiger partial charge is 0.341 e. The fourth-order valence-electron chi connectivity index (χ4n) is 5.10. The Morgan fingerprint density at radius 2 is 1.85 bits per heavy atom. The molecule has 6 rings (SSSR count). The van der Waals surface area contributed by atoms with Crippen LogP contribution in [0, 0.1) is 5.92 Å². The van der Waals surface area contributed by atoms with Crippen molar-refractivity contribution in [3.05, 3.63) is 89.2 Å². The van der Waals surface area contributed by atoms with Crippen LogP contribution in [0.2, 0.25) is 0 Å². The number of nitrogens with one attached hydrogen (secondary N) is 2. The number of aromatic nitrogens is 3. The highest BCUT2D eigenvalue weighted by molar-refractivity contribution is 8.18. The number of nitrogens with zero attached hydrogens (tertiary/aromatic N) is 4. The normalized spacial score (nSPS) is 17.2. The molecule has 0 aliphatic carbocycles. The van der Waals surface area contributed by atoms with Crippen molar-refractivity contribution < 1.29 is 9.59 Å². The number of para-hydroxylation sites is 1. The minimum Gasteiger partial charge on any atom is -0.341 e.